The highest BCUT2D eigenvalue weighted by Gasteiger charge is 2.62. The number of aromatic carboxylic acids is 1. The molecule has 0 bridgehead atoms. The van der Waals surface area contributed by atoms with Gasteiger partial charge in [-0.2, -0.15) is 13.2 Å². The lowest BCUT2D eigenvalue weighted by Crippen LogP contribution is -2.42. The largest absolute Gasteiger partial charge is 0.492 e. The first-order valence-electron chi connectivity index (χ1n) is 8.54. The number of alkyl halides is 3. The fourth-order valence-electron chi connectivity index (χ4n) is 3.57. The van der Waals surface area contributed by atoms with Crippen LogP contribution in [0.3, 0.4) is 0 Å². The predicted molar refractivity (Wildman–Crippen MR) is 99.0 cm³/mol. The van der Waals surface area contributed by atoms with E-state index in [1.165, 1.54) is 12.1 Å². The Hall–Kier alpha value is -2.52. The van der Waals surface area contributed by atoms with Crippen molar-refractivity contribution >= 4 is 34.9 Å². The van der Waals surface area contributed by atoms with Crippen LogP contribution in [0.2, 0.25) is 10.0 Å². The molecule has 30 heavy (non-hydrogen) atoms. The monoisotopic (exact) mass is 463 g/mol. The molecule has 5 nitrogen and oxygen atoms in total. The summed E-state index contributed by atoms with van der Waals surface area (Å²) in [6, 6.07) is 4.21. The molecule has 11 heteroatoms. The van der Waals surface area contributed by atoms with Gasteiger partial charge in [-0.3, -0.25) is 0 Å². The molecule has 2 heterocycles. The molecule has 0 spiro atoms. The Morgan fingerprint density at radius 3 is 2.47 bits per heavy atom. The number of ether oxygens (including phenoxy) is 1. The maximum absolute atomic E-state index is 14.1. The van der Waals surface area contributed by atoms with E-state index < -0.39 is 45.6 Å². The summed E-state index contributed by atoms with van der Waals surface area (Å²) in [5.41, 5.74) is -2.85. The van der Waals surface area contributed by atoms with Gasteiger partial charge in [0.2, 0.25) is 0 Å². The third-order valence-electron chi connectivity index (χ3n) is 5.04. The van der Waals surface area contributed by atoms with Gasteiger partial charge in [-0.1, -0.05) is 34.4 Å². The Bertz CT molecular complexity index is 1080. The molecular weight excluding hydrogens is 453 g/mol. The van der Waals surface area contributed by atoms with Crippen molar-refractivity contribution in [2.75, 3.05) is 6.61 Å². The quantitative estimate of drug-likeness (QED) is 0.492. The second-order valence-electron chi connectivity index (χ2n) is 6.76. The number of hydrogen-bond donors (Lipinski definition) is 1. The molecule has 4 rings (SSSR count). The van der Waals surface area contributed by atoms with Crippen LogP contribution >= 0.6 is 23.2 Å². The number of benzene rings is 2. The molecule has 0 radical (unpaired) electrons. The van der Waals surface area contributed by atoms with Crippen molar-refractivity contribution in [2.45, 2.75) is 24.6 Å². The number of rotatable bonds is 3. The summed E-state index contributed by atoms with van der Waals surface area (Å²) in [6.07, 6.45) is -5.38. The van der Waals surface area contributed by atoms with Gasteiger partial charge in [0.05, 0.1) is 22.4 Å². The van der Waals surface area contributed by atoms with E-state index >= 15 is 0 Å². The summed E-state index contributed by atoms with van der Waals surface area (Å²) >= 11 is 11.4. The SMILES string of the molecule is O=C(O)c1ccc(C2=NOC(c3cc(Cl)c(F)c(Cl)c3)(C(F)(F)F)C2)c2c1OCC2. The summed E-state index contributed by atoms with van der Waals surface area (Å²) in [5, 5.41) is 11.8. The van der Waals surface area contributed by atoms with Crippen molar-refractivity contribution < 1.29 is 37.0 Å². The van der Waals surface area contributed by atoms with Gasteiger partial charge in [0.25, 0.3) is 5.60 Å². The van der Waals surface area contributed by atoms with Gasteiger partial charge in [0.1, 0.15) is 11.3 Å². The van der Waals surface area contributed by atoms with E-state index in [1.807, 2.05) is 0 Å². The highest BCUT2D eigenvalue weighted by molar-refractivity contribution is 6.35. The minimum atomic E-state index is -4.94. The average Bonchev–Trinajstić information content (AvgIpc) is 3.32. The van der Waals surface area contributed by atoms with E-state index in [0.29, 0.717) is 12.0 Å². The molecule has 2 aliphatic heterocycles. The topological polar surface area (TPSA) is 68.1 Å². The fourth-order valence-corrected chi connectivity index (χ4v) is 4.06. The first-order chi connectivity index (χ1) is 14.0. The number of nitrogens with zero attached hydrogens (tertiary/aromatic N) is 1. The molecular formula is C19H11Cl2F4NO4. The number of carbonyl (C=O) groups is 1. The van der Waals surface area contributed by atoms with Gasteiger partial charge in [0, 0.05) is 29.5 Å². The third kappa shape index (κ3) is 3.07. The van der Waals surface area contributed by atoms with Crippen LogP contribution in [-0.4, -0.2) is 29.6 Å². The van der Waals surface area contributed by atoms with Gasteiger partial charge in [0.15, 0.2) is 5.82 Å². The third-order valence-corrected chi connectivity index (χ3v) is 5.59. The normalized spacial score (nSPS) is 20.4. The minimum Gasteiger partial charge on any atom is -0.492 e. The van der Waals surface area contributed by atoms with Crippen LogP contribution in [0.25, 0.3) is 0 Å². The van der Waals surface area contributed by atoms with Crippen LogP contribution in [0, 0.1) is 5.82 Å². The molecule has 158 valence electrons. The van der Waals surface area contributed by atoms with E-state index in [1.54, 1.807) is 0 Å². The number of hydrogen-bond acceptors (Lipinski definition) is 4. The van der Waals surface area contributed by atoms with E-state index in [9.17, 15) is 27.5 Å². The fraction of sp³-hybridized carbons (Fsp3) is 0.263. The lowest BCUT2D eigenvalue weighted by molar-refractivity contribution is -0.275. The highest BCUT2D eigenvalue weighted by atomic mass is 35.5. The molecule has 1 N–H and O–H groups in total. The molecule has 2 aliphatic rings. The lowest BCUT2D eigenvalue weighted by Gasteiger charge is -2.29. The summed E-state index contributed by atoms with van der Waals surface area (Å²) in [6.45, 7) is 0.189. The van der Waals surface area contributed by atoms with Gasteiger partial charge in [-0.25, -0.2) is 9.18 Å². The zero-order chi connectivity index (χ0) is 21.8. The maximum Gasteiger partial charge on any atom is 0.435 e. The smallest absolute Gasteiger partial charge is 0.435 e. The molecule has 1 atom stereocenters. The standard InChI is InChI=1S/C19H11Cl2F4NO4/c20-12-5-8(6-13(21)15(12)22)18(19(23,24)25)7-14(26-30-18)9-1-2-11(17(27)28)16-10(9)3-4-29-16/h1-2,5-6H,3-4,7H2,(H,27,28). The second kappa shape index (κ2) is 7.02. The molecule has 0 aromatic heterocycles. The molecule has 0 saturated carbocycles. The zero-order valence-electron chi connectivity index (χ0n) is 14.8. The summed E-state index contributed by atoms with van der Waals surface area (Å²) in [5.74, 6) is -2.16. The lowest BCUT2D eigenvalue weighted by atomic mass is 9.85. The highest BCUT2D eigenvalue weighted by Crippen LogP contribution is 2.50. The van der Waals surface area contributed by atoms with Gasteiger partial charge in [-0.15, -0.1) is 0 Å². The zero-order valence-corrected chi connectivity index (χ0v) is 16.3. The number of oxime groups is 1. The van der Waals surface area contributed by atoms with Crippen molar-refractivity contribution in [3.63, 3.8) is 0 Å². The maximum atomic E-state index is 14.1. The Morgan fingerprint density at radius 2 is 1.87 bits per heavy atom. The summed E-state index contributed by atoms with van der Waals surface area (Å²) < 4.78 is 61.5. The summed E-state index contributed by atoms with van der Waals surface area (Å²) in [4.78, 5) is 16.3. The molecule has 2 aromatic rings. The number of carboxylic acid groups (broad SMARTS) is 1. The first kappa shape index (κ1) is 20.7. The Kier molecular flexibility index (Phi) is 4.85. The van der Waals surface area contributed by atoms with Crippen LogP contribution in [0.1, 0.15) is 33.5 Å². The van der Waals surface area contributed by atoms with E-state index in [2.05, 4.69) is 5.16 Å². The number of fused-ring (bicyclic) bond motifs is 1. The van der Waals surface area contributed by atoms with Gasteiger partial charge >= 0.3 is 12.1 Å². The van der Waals surface area contributed by atoms with Crippen molar-refractivity contribution in [3.05, 3.63) is 62.4 Å². The number of halogens is 6. The van der Waals surface area contributed by atoms with Crippen LogP contribution < -0.4 is 4.74 Å². The molecule has 0 saturated heterocycles. The second-order valence-corrected chi connectivity index (χ2v) is 7.57. The van der Waals surface area contributed by atoms with Crippen LogP contribution in [0.5, 0.6) is 5.75 Å². The molecule has 0 aliphatic carbocycles. The number of carboxylic acids is 1. The first-order valence-corrected chi connectivity index (χ1v) is 9.30. The van der Waals surface area contributed by atoms with Crippen molar-refractivity contribution in [2.24, 2.45) is 5.16 Å². The van der Waals surface area contributed by atoms with Crippen molar-refractivity contribution in [1.29, 1.82) is 0 Å². The van der Waals surface area contributed by atoms with E-state index in [0.717, 1.165) is 12.1 Å². The van der Waals surface area contributed by atoms with Crippen LogP contribution in [0.15, 0.2) is 29.4 Å². The summed E-state index contributed by atoms with van der Waals surface area (Å²) in [7, 11) is 0. The van der Waals surface area contributed by atoms with Crippen LogP contribution in [0.4, 0.5) is 17.6 Å². The van der Waals surface area contributed by atoms with Crippen LogP contribution in [-0.2, 0) is 16.9 Å². The molecule has 0 amide bonds. The molecule has 2 aromatic carbocycles. The van der Waals surface area contributed by atoms with Gasteiger partial charge < -0.3 is 14.7 Å². The predicted octanol–water partition coefficient (Wildman–Crippen LogP) is 5.35. The Labute approximate surface area is 176 Å². The van der Waals surface area contributed by atoms with Gasteiger partial charge in [-0.05, 0) is 18.2 Å². The van der Waals surface area contributed by atoms with E-state index in [4.69, 9.17) is 32.8 Å². The van der Waals surface area contributed by atoms with E-state index in [-0.39, 0.29) is 29.2 Å². The average molecular weight is 464 g/mol. The molecule has 1 unspecified atom stereocenters. The Morgan fingerprint density at radius 1 is 1.20 bits per heavy atom. The van der Waals surface area contributed by atoms with Crippen molar-refractivity contribution in [1.82, 2.24) is 0 Å². The minimum absolute atomic E-state index is 0.0532. The van der Waals surface area contributed by atoms with Crippen molar-refractivity contribution in [3.8, 4) is 5.75 Å². The Balaban J connectivity index is 1.79. The molecule has 0 fully saturated rings.